The minimum atomic E-state index is 0.0278. The Kier molecular flexibility index (Phi) is 61.5. The van der Waals surface area contributed by atoms with Gasteiger partial charge in [0.1, 0.15) is 0 Å². The molecule has 122 valence electrons. The molecule has 0 aromatic rings. The molecule has 0 saturated heterocycles. The van der Waals surface area contributed by atoms with Crippen LogP contribution in [0.25, 0.3) is 0 Å². The molecule has 0 spiro atoms. The average molecular weight is 286 g/mol. The van der Waals surface area contributed by atoms with E-state index in [4.69, 9.17) is 44.6 Å². The molecule has 0 unspecified atom stereocenters. The SMILES string of the molecule is NCCN.NCCN.NCCN.OCCOCCO. The third kappa shape index (κ3) is 97.9. The molecule has 0 amide bonds. The number of aliphatic hydroxyl groups excluding tert-OH is 2. The van der Waals surface area contributed by atoms with Gasteiger partial charge in [-0.15, -0.1) is 0 Å². The molecule has 0 bridgehead atoms. The molecule has 0 saturated carbocycles. The van der Waals surface area contributed by atoms with E-state index in [1.807, 2.05) is 0 Å². The van der Waals surface area contributed by atoms with E-state index in [0.717, 1.165) is 0 Å². The van der Waals surface area contributed by atoms with Gasteiger partial charge in [0.05, 0.1) is 26.4 Å². The summed E-state index contributed by atoms with van der Waals surface area (Å²) in [5.74, 6) is 0. The second-order valence-corrected chi connectivity index (χ2v) is 2.79. The third-order valence-electron chi connectivity index (χ3n) is 0.971. The zero-order valence-electron chi connectivity index (χ0n) is 11.8. The third-order valence-corrected chi connectivity index (χ3v) is 0.971. The maximum Gasteiger partial charge on any atom is 0.0698 e. The molecule has 0 aromatic heterocycles. The van der Waals surface area contributed by atoms with Gasteiger partial charge in [-0.2, -0.15) is 0 Å². The fraction of sp³-hybridized carbons (Fsp3) is 1.00. The van der Waals surface area contributed by atoms with E-state index in [1.165, 1.54) is 0 Å². The van der Waals surface area contributed by atoms with E-state index in [9.17, 15) is 0 Å². The highest BCUT2D eigenvalue weighted by molar-refractivity contribution is 4.27. The molecular weight excluding hydrogens is 252 g/mol. The average Bonchev–Trinajstić information content (AvgIpc) is 2.48. The lowest BCUT2D eigenvalue weighted by atomic mass is 10.7. The topological polar surface area (TPSA) is 206 Å². The van der Waals surface area contributed by atoms with Gasteiger partial charge in [0.25, 0.3) is 0 Å². The molecule has 0 aromatic carbocycles. The second kappa shape index (κ2) is 43.1. The molecule has 14 N–H and O–H groups in total. The summed E-state index contributed by atoms with van der Waals surface area (Å²) in [5.41, 5.74) is 29.4. The molecule has 0 aliphatic heterocycles. The van der Waals surface area contributed by atoms with E-state index >= 15 is 0 Å². The van der Waals surface area contributed by atoms with E-state index in [0.29, 0.717) is 52.5 Å². The lowest BCUT2D eigenvalue weighted by Crippen LogP contribution is -2.11. The van der Waals surface area contributed by atoms with Gasteiger partial charge in [0.15, 0.2) is 0 Å². The zero-order valence-corrected chi connectivity index (χ0v) is 11.8. The summed E-state index contributed by atoms with van der Waals surface area (Å²) in [6.07, 6.45) is 0. The minimum Gasteiger partial charge on any atom is -0.394 e. The van der Waals surface area contributed by atoms with Crippen LogP contribution < -0.4 is 34.4 Å². The van der Waals surface area contributed by atoms with E-state index in [-0.39, 0.29) is 13.2 Å². The first-order valence-corrected chi connectivity index (χ1v) is 6.16. The Bertz CT molecular complexity index is 83.8. The van der Waals surface area contributed by atoms with Crippen molar-refractivity contribution >= 4 is 0 Å². The summed E-state index contributed by atoms with van der Waals surface area (Å²) in [7, 11) is 0. The van der Waals surface area contributed by atoms with Gasteiger partial charge in [-0.1, -0.05) is 0 Å². The van der Waals surface area contributed by atoms with Crippen molar-refractivity contribution in [2.24, 2.45) is 34.4 Å². The Hall–Kier alpha value is -0.360. The Morgan fingerprint density at radius 3 is 0.842 bits per heavy atom. The summed E-state index contributed by atoms with van der Waals surface area (Å²) in [6.45, 7) is 4.28. The smallest absolute Gasteiger partial charge is 0.0698 e. The molecule has 0 fully saturated rings. The van der Waals surface area contributed by atoms with Crippen molar-refractivity contribution in [1.29, 1.82) is 0 Å². The van der Waals surface area contributed by atoms with Crippen molar-refractivity contribution in [1.82, 2.24) is 0 Å². The van der Waals surface area contributed by atoms with Crippen LogP contribution in [0, 0.1) is 0 Å². The summed E-state index contributed by atoms with van der Waals surface area (Å²) in [5, 5.41) is 16.2. The number of aliphatic hydroxyl groups is 2. The van der Waals surface area contributed by atoms with E-state index in [1.54, 1.807) is 0 Å². The largest absolute Gasteiger partial charge is 0.394 e. The number of ether oxygens (including phenoxy) is 1. The van der Waals surface area contributed by atoms with Gasteiger partial charge in [-0.05, 0) is 0 Å². The monoisotopic (exact) mass is 286 g/mol. The van der Waals surface area contributed by atoms with Crippen molar-refractivity contribution < 1.29 is 14.9 Å². The second-order valence-electron chi connectivity index (χ2n) is 2.79. The van der Waals surface area contributed by atoms with Crippen LogP contribution in [-0.4, -0.2) is 75.9 Å². The zero-order chi connectivity index (χ0) is 15.8. The van der Waals surface area contributed by atoms with Crippen LogP contribution in [-0.2, 0) is 4.74 Å². The molecule has 0 aliphatic rings. The predicted octanol–water partition coefficient (Wildman–Crippen LogP) is -4.30. The molecule has 0 radical (unpaired) electrons. The first-order chi connectivity index (χ1) is 9.16. The van der Waals surface area contributed by atoms with Crippen LogP contribution in [0.3, 0.4) is 0 Å². The van der Waals surface area contributed by atoms with Crippen molar-refractivity contribution in [2.45, 2.75) is 0 Å². The molecule has 0 rings (SSSR count). The van der Waals surface area contributed by atoms with Crippen LogP contribution in [0.4, 0.5) is 0 Å². The molecule has 19 heavy (non-hydrogen) atoms. The number of hydrogen-bond acceptors (Lipinski definition) is 9. The highest BCUT2D eigenvalue weighted by Crippen LogP contribution is 1.68. The summed E-state index contributed by atoms with van der Waals surface area (Å²) in [6, 6.07) is 0. The first kappa shape index (κ1) is 27.1. The van der Waals surface area contributed by atoms with Crippen LogP contribution >= 0.6 is 0 Å². The van der Waals surface area contributed by atoms with Crippen molar-refractivity contribution in [2.75, 3.05) is 65.7 Å². The highest BCUT2D eigenvalue weighted by atomic mass is 16.5. The molecule has 9 nitrogen and oxygen atoms in total. The van der Waals surface area contributed by atoms with Gasteiger partial charge in [-0.25, -0.2) is 0 Å². The fourth-order valence-electron chi connectivity index (χ4n) is 0.231. The predicted molar refractivity (Wildman–Crippen MR) is 79.3 cm³/mol. The minimum absolute atomic E-state index is 0.0278. The maximum atomic E-state index is 8.09. The van der Waals surface area contributed by atoms with Gasteiger partial charge >= 0.3 is 0 Å². The van der Waals surface area contributed by atoms with Gasteiger partial charge in [0, 0.05) is 39.3 Å². The summed E-state index contributed by atoms with van der Waals surface area (Å²) < 4.78 is 4.63. The molecule has 9 heteroatoms. The molecule has 0 atom stereocenters. The van der Waals surface area contributed by atoms with Crippen molar-refractivity contribution in [3.8, 4) is 0 Å². The van der Waals surface area contributed by atoms with Crippen molar-refractivity contribution in [3.63, 3.8) is 0 Å². The molecule has 0 heterocycles. The number of hydrogen-bond donors (Lipinski definition) is 8. The molecule has 0 aliphatic carbocycles. The van der Waals surface area contributed by atoms with E-state index < -0.39 is 0 Å². The fourth-order valence-corrected chi connectivity index (χ4v) is 0.231. The Morgan fingerprint density at radius 1 is 0.526 bits per heavy atom. The number of rotatable bonds is 7. The van der Waals surface area contributed by atoms with Crippen LogP contribution in [0.15, 0.2) is 0 Å². The van der Waals surface area contributed by atoms with Gasteiger partial charge < -0.3 is 49.4 Å². The maximum absolute atomic E-state index is 8.09. The standard InChI is InChI=1S/C4H10O3.3C2H8N2/c5-1-3-7-4-2-6;3*3-1-2-4/h5-6H,1-4H2;3*1-4H2. The van der Waals surface area contributed by atoms with Crippen LogP contribution in [0.2, 0.25) is 0 Å². The summed E-state index contributed by atoms with van der Waals surface area (Å²) >= 11 is 0. The number of nitrogens with two attached hydrogens (primary N) is 6. The molecular formula is C10H34N6O3. The lowest BCUT2D eigenvalue weighted by molar-refractivity contribution is 0.0650. The normalized spacial score (nSPS) is 8.21. The Balaban J connectivity index is -0.0000000825. The van der Waals surface area contributed by atoms with Crippen LogP contribution in [0.1, 0.15) is 0 Å². The highest BCUT2D eigenvalue weighted by Gasteiger charge is 1.79. The van der Waals surface area contributed by atoms with Crippen molar-refractivity contribution in [3.05, 3.63) is 0 Å². The first-order valence-electron chi connectivity index (χ1n) is 6.16. The lowest BCUT2D eigenvalue weighted by Gasteiger charge is -1.94. The van der Waals surface area contributed by atoms with E-state index in [2.05, 4.69) is 4.74 Å². The quantitative estimate of drug-likeness (QED) is 0.213. The van der Waals surface area contributed by atoms with Gasteiger partial charge in [0.2, 0.25) is 0 Å². The van der Waals surface area contributed by atoms with Gasteiger partial charge in [-0.3, -0.25) is 0 Å². The summed E-state index contributed by atoms with van der Waals surface area (Å²) in [4.78, 5) is 0. The van der Waals surface area contributed by atoms with Crippen LogP contribution in [0.5, 0.6) is 0 Å². The Labute approximate surface area is 116 Å². The Morgan fingerprint density at radius 2 is 0.737 bits per heavy atom.